The average Bonchev–Trinajstić information content (AvgIpc) is 2.38. The van der Waals surface area contributed by atoms with E-state index in [2.05, 4.69) is 22.6 Å². The number of nitro benzene ring substituents is 1. The van der Waals surface area contributed by atoms with Crippen LogP contribution in [-0.2, 0) is 9.53 Å². The Morgan fingerprint density at radius 2 is 2.35 bits per heavy atom. The summed E-state index contributed by atoms with van der Waals surface area (Å²) in [6.45, 7) is 1.56. The Hall–Kier alpha value is -1.42. The highest BCUT2D eigenvalue weighted by molar-refractivity contribution is 14.1. The van der Waals surface area contributed by atoms with Gasteiger partial charge >= 0.3 is 5.97 Å². The van der Waals surface area contributed by atoms with Crippen molar-refractivity contribution in [2.75, 3.05) is 24.6 Å². The first-order valence-corrected chi connectivity index (χ1v) is 7.07. The number of hydrogen-bond donors (Lipinski definition) is 1. The number of halogens is 1. The zero-order chi connectivity index (χ0) is 14.7. The van der Waals surface area contributed by atoms with Crippen molar-refractivity contribution >= 4 is 39.9 Å². The number of nitro groups is 1. The second-order valence-electron chi connectivity index (χ2n) is 4.43. The number of rotatable bonds is 4. The van der Waals surface area contributed by atoms with Crippen LogP contribution in [-0.4, -0.2) is 41.8 Å². The molecule has 0 bridgehead atoms. The van der Waals surface area contributed by atoms with Gasteiger partial charge in [0, 0.05) is 28.8 Å². The molecule has 1 heterocycles. The molecule has 0 saturated carbocycles. The van der Waals surface area contributed by atoms with E-state index in [9.17, 15) is 14.9 Å². The van der Waals surface area contributed by atoms with Gasteiger partial charge in [0.1, 0.15) is 0 Å². The molecule has 1 fully saturated rings. The molecule has 1 aromatic rings. The van der Waals surface area contributed by atoms with E-state index < -0.39 is 10.9 Å². The largest absolute Gasteiger partial charge is 0.481 e. The van der Waals surface area contributed by atoms with Crippen LogP contribution in [0.4, 0.5) is 11.4 Å². The number of non-ortho nitro benzene ring substituents is 1. The van der Waals surface area contributed by atoms with E-state index in [1.54, 1.807) is 6.07 Å². The molecule has 1 atom stereocenters. The smallest absolute Gasteiger partial charge is 0.306 e. The molecule has 0 aliphatic carbocycles. The fourth-order valence-electron chi connectivity index (χ4n) is 2.12. The van der Waals surface area contributed by atoms with Gasteiger partial charge in [-0.2, -0.15) is 0 Å². The van der Waals surface area contributed by atoms with Crippen LogP contribution in [0.15, 0.2) is 18.2 Å². The predicted molar refractivity (Wildman–Crippen MR) is 80.0 cm³/mol. The third-order valence-electron chi connectivity index (χ3n) is 3.02. The molecule has 108 valence electrons. The molecule has 0 aromatic heterocycles. The summed E-state index contributed by atoms with van der Waals surface area (Å²) in [4.78, 5) is 23.0. The SMILES string of the molecule is O=C(O)CC1CN(c2ccc([N+](=O)[O-])cc2I)CCO1. The van der Waals surface area contributed by atoms with Gasteiger partial charge in [-0.05, 0) is 28.7 Å². The lowest BCUT2D eigenvalue weighted by Gasteiger charge is -2.34. The number of morpholine rings is 1. The van der Waals surface area contributed by atoms with Crippen LogP contribution in [0, 0.1) is 13.7 Å². The van der Waals surface area contributed by atoms with Gasteiger partial charge in [-0.15, -0.1) is 0 Å². The third kappa shape index (κ3) is 3.57. The average molecular weight is 392 g/mol. The van der Waals surface area contributed by atoms with E-state index >= 15 is 0 Å². The molecular weight excluding hydrogens is 379 g/mol. The maximum Gasteiger partial charge on any atom is 0.306 e. The highest BCUT2D eigenvalue weighted by atomic mass is 127. The number of benzene rings is 1. The Bertz CT molecular complexity index is 537. The number of hydrogen-bond acceptors (Lipinski definition) is 5. The molecule has 20 heavy (non-hydrogen) atoms. The summed E-state index contributed by atoms with van der Waals surface area (Å²) in [6.07, 6.45) is -0.396. The van der Waals surface area contributed by atoms with Crippen molar-refractivity contribution in [1.82, 2.24) is 0 Å². The fraction of sp³-hybridized carbons (Fsp3) is 0.417. The monoisotopic (exact) mass is 392 g/mol. The van der Waals surface area contributed by atoms with Gasteiger partial charge in [0.05, 0.1) is 29.7 Å². The Labute approximate surface area is 128 Å². The molecular formula is C12H13IN2O5. The second-order valence-corrected chi connectivity index (χ2v) is 5.59. The minimum absolute atomic E-state index is 0.0416. The number of nitrogens with zero attached hydrogens (tertiary/aromatic N) is 2. The summed E-state index contributed by atoms with van der Waals surface area (Å²) >= 11 is 2.05. The Morgan fingerprint density at radius 1 is 1.60 bits per heavy atom. The first kappa shape index (κ1) is 15.0. The van der Waals surface area contributed by atoms with Crippen molar-refractivity contribution in [3.63, 3.8) is 0 Å². The van der Waals surface area contributed by atoms with Crippen LogP contribution >= 0.6 is 22.6 Å². The summed E-state index contributed by atoms with van der Waals surface area (Å²) in [5.41, 5.74) is 0.920. The van der Waals surface area contributed by atoms with E-state index in [0.29, 0.717) is 19.7 Å². The van der Waals surface area contributed by atoms with Crippen LogP contribution in [0.1, 0.15) is 6.42 Å². The van der Waals surface area contributed by atoms with Gasteiger partial charge in [0.2, 0.25) is 0 Å². The summed E-state index contributed by atoms with van der Waals surface area (Å²) < 4.78 is 6.18. The number of carboxylic acid groups (broad SMARTS) is 1. The van der Waals surface area contributed by atoms with Gasteiger partial charge in [-0.25, -0.2) is 0 Å². The Kier molecular flexibility index (Phi) is 4.76. The van der Waals surface area contributed by atoms with E-state index in [1.807, 2.05) is 4.90 Å². The van der Waals surface area contributed by atoms with Crippen LogP contribution < -0.4 is 4.90 Å². The van der Waals surface area contributed by atoms with Gasteiger partial charge in [0.15, 0.2) is 0 Å². The van der Waals surface area contributed by atoms with Gasteiger partial charge < -0.3 is 14.7 Å². The molecule has 1 saturated heterocycles. The van der Waals surface area contributed by atoms with E-state index in [1.165, 1.54) is 12.1 Å². The van der Waals surface area contributed by atoms with Crippen molar-refractivity contribution in [2.24, 2.45) is 0 Å². The number of anilines is 1. The van der Waals surface area contributed by atoms with Crippen molar-refractivity contribution in [1.29, 1.82) is 0 Å². The van der Waals surface area contributed by atoms with Crippen LogP contribution in [0.3, 0.4) is 0 Å². The van der Waals surface area contributed by atoms with E-state index in [0.717, 1.165) is 9.26 Å². The van der Waals surface area contributed by atoms with Gasteiger partial charge in [-0.1, -0.05) is 0 Å². The molecule has 7 nitrogen and oxygen atoms in total. The zero-order valence-electron chi connectivity index (χ0n) is 10.5. The first-order chi connectivity index (χ1) is 9.47. The lowest BCUT2D eigenvalue weighted by Crippen LogP contribution is -2.43. The molecule has 1 N–H and O–H groups in total. The van der Waals surface area contributed by atoms with Crippen molar-refractivity contribution < 1.29 is 19.6 Å². The summed E-state index contributed by atoms with van der Waals surface area (Å²) in [5.74, 6) is -0.893. The molecule has 0 spiro atoms. The number of aliphatic carboxylic acids is 1. The predicted octanol–water partition coefficient (Wildman–Crippen LogP) is 1.88. The minimum atomic E-state index is -0.893. The standard InChI is InChI=1S/C12H13IN2O5/c13-10-5-8(15(18)19)1-2-11(10)14-3-4-20-9(7-14)6-12(16)17/h1-2,5,9H,3-4,6-7H2,(H,16,17). The Morgan fingerprint density at radius 3 is 2.95 bits per heavy atom. The summed E-state index contributed by atoms with van der Waals surface area (Å²) in [6, 6.07) is 4.67. The second kappa shape index (κ2) is 6.35. The summed E-state index contributed by atoms with van der Waals surface area (Å²) in [7, 11) is 0. The van der Waals surface area contributed by atoms with Gasteiger partial charge in [-0.3, -0.25) is 14.9 Å². The number of ether oxygens (including phenoxy) is 1. The molecule has 1 aromatic carbocycles. The summed E-state index contributed by atoms with van der Waals surface area (Å²) in [5, 5.41) is 19.5. The third-order valence-corrected chi connectivity index (χ3v) is 3.89. The molecule has 1 aliphatic rings. The molecule has 2 rings (SSSR count). The van der Waals surface area contributed by atoms with Crippen LogP contribution in [0.25, 0.3) is 0 Å². The quantitative estimate of drug-likeness (QED) is 0.478. The topological polar surface area (TPSA) is 92.9 Å². The highest BCUT2D eigenvalue weighted by Crippen LogP contribution is 2.28. The molecule has 1 unspecified atom stereocenters. The highest BCUT2D eigenvalue weighted by Gasteiger charge is 2.24. The number of carboxylic acids is 1. The van der Waals surface area contributed by atoms with Crippen LogP contribution in [0.2, 0.25) is 0 Å². The zero-order valence-corrected chi connectivity index (χ0v) is 12.6. The van der Waals surface area contributed by atoms with Crippen LogP contribution in [0.5, 0.6) is 0 Å². The molecule has 8 heteroatoms. The van der Waals surface area contributed by atoms with Crippen molar-refractivity contribution in [3.8, 4) is 0 Å². The first-order valence-electron chi connectivity index (χ1n) is 5.99. The fourth-order valence-corrected chi connectivity index (χ4v) is 2.96. The maximum absolute atomic E-state index is 10.7. The lowest BCUT2D eigenvalue weighted by molar-refractivity contribution is -0.384. The van der Waals surface area contributed by atoms with Gasteiger partial charge in [0.25, 0.3) is 5.69 Å². The lowest BCUT2D eigenvalue weighted by atomic mass is 10.2. The number of carbonyl (C=O) groups is 1. The van der Waals surface area contributed by atoms with E-state index in [4.69, 9.17) is 9.84 Å². The molecule has 0 radical (unpaired) electrons. The van der Waals surface area contributed by atoms with Crippen molar-refractivity contribution in [2.45, 2.75) is 12.5 Å². The normalized spacial score (nSPS) is 18.9. The minimum Gasteiger partial charge on any atom is -0.481 e. The maximum atomic E-state index is 10.7. The molecule has 1 aliphatic heterocycles. The van der Waals surface area contributed by atoms with E-state index in [-0.39, 0.29) is 18.2 Å². The van der Waals surface area contributed by atoms with Crippen molar-refractivity contribution in [3.05, 3.63) is 31.9 Å². The molecule has 0 amide bonds. The Balaban J connectivity index is 2.14.